The van der Waals surface area contributed by atoms with Gasteiger partial charge < -0.3 is 10.1 Å². The number of halogens is 2. The zero-order chi connectivity index (χ0) is 20.2. The van der Waals surface area contributed by atoms with Crippen molar-refractivity contribution in [1.29, 1.82) is 0 Å². The number of hydrogen-bond donors (Lipinski definition) is 1. The second-order valence-electron chi connectivity index (χ2n) is 8.90. The molecule has 0 spiro atoms. The van der Waals surface area contributed by atoms with E-state index in [1.54, 1.807) is 6.20 Å². The van der Waals surface area contributed by atoms with Crippen LogP contribution in [0.2, 0.25) is 5.02 Å². The maximum atomic E-state index is 15.2. The number of fused-ring (bicyclic) bond motifs is 1. The summed E-state index contributed by atoms with van der Waals surface area (Å²) in [6, 6.07) is 5.67. The smallest absolute Gasteiger partial charge is 0.228 e. The van der Waals surface area contributed by atoms with Crippen LogP contribution in [0, 0.1) is 5.92 Å². The zero-order valence-corrected chi connectivity index (χ0v) is 17.2. The minimum absolute atomic E-state index is 0.0238. The minimum Gasteiger partial charge on any atom is -0.377 e. The number of rotatable bonds is 4. The Bertz CT molecular complexity index is 960. The fraction of sp³-hybridized carbons (Fsp3) is 0.545. The SMILES string of the molecule is CC1(N2CCC(c3cc4cc(NC(=O)C5CC5)ncc4cc3Cl)C(F)C2)COC1. The Morgan fingerprint density at radius 1 is 1.28 bits per heavy atom. The highest BCUT2D eigenvalue weighted by atomic mass is 35.5. The summed E-state index contributed by atoms with van der Waals surface area (Å²) in [5.74, 6) is 0.446. The number of hydrogen-bond acceptors (Lipinski definition) is 4. The second kappa shape index (κ2) is 7.18. The molecule has 1 N–H and O–H groups in total. The first kappa shape index (κ1) is 19.2. The second-order valence-corrected chi connectivity index (χ2v) is 9.31. The summed E-state index contributed by atoms with van der Waals surface area (Å²) in [4.78, 5) is 18.6. The number of carbonyl (C=O) groups is 1. The number of benzene rings is 1. The van der Waals surface area contributed by atoms with Crippen LogP contribution in [0.3, 0.4) is 0 Å². The minimum atomic E-state index is -0.980. The van der Waals surface area contributed by atoms with Crippen LogP contribution in [-0.2, 0) is 9.53 Å². The van der Waals surface area contributed by atoms with Gasteiger partial charge in [0.1, 0.15) is 12.0 Å². The standard InChI is InChI=1S/C22H25ClFN3O2/c1-22(11-29-12-22)27-5-4-16(19(24)10-27)17-6-14-8-20(26-21(28)13-2-3-13)25-9-15(14)7-18(17)23/h6-9,13,16,19H,2-5,10-12H2,1H3,(H,25,26,28). The number of nitrogens with zero attached hydrogens (tertiary/aromatic N) is 2. The third-order valence-corrected chi connectivity index (χ3v) is 6.89. The number of aromatic nitrogens is 1. The molecule has 2 atom stereocenters. The van der Waals surface area contributed by atoms with Crippen LogP contribution in [0.4, 0.5) is 10.2 Å². The molecule has 154 valence electrons. The summed E-state index contributed by atoms with van der Waals surface area (Å²) < 4.78 is 20.5. The van der Waals surface area contributed by atoms with Gasteiger partial charge in [-0.05, 0) is 61.9 Å². The molecular weight excluding hydrogens is 393 g/mol. The molecule has 5 rings (SSSR count). The summed E-state index contributed by atoms with van der Waals surface area (Å²) in [5.41, 5.74) is 0.801. The first-order valence-electron chi connectivity index (χ1n) is 10.3. The molecule has 3 aliphatic rings. The predicted molar refractivity (Wildman–Crippen MR) is 111 cm³/mol. The molecule has 0 radical (unpaired) electrons. The number of ether oxygens (including phenoxy) is 1. The van der Waals surface area contributed by atoms with Crippen molar-refractivity contribution in [1.82, 2.24) is 9.88 Å². The van der Waals surface area contributed by atoms with Gasteiger partial charge in [0.25, 0.3) is 0 Å². The first-order valence-corrected chi connectivity index (χ1v) is 10.7. The molecular formula is C22H25ClFN3O2. The van der Waals surface area contributed by atoms with Crippen LogP contribution < -0.4 is 5.32 Å². The lowest BCUT2D eigenvalue weighted by Gasteiger charge is -2.50. The number of pyridine rings is 1. The van der Waals surface area contributed by atoms with Crippen molar-refractivity contribution in [3.05, 3.63) is 35.0 Å². The molecule has 7 heteroatoms. The molecule has 5 nitrogen and oxygen atoms in total. The summed E-state index contributed by atoms with van der Waals surface area (Å²) in [5, 5.41) is 5.26. The molecule has 2 aliphatic heterocycles. The third kappa shape index (κ3) is 3.62. The van der Waals surface area contributed by atoms with Gasteiger partial charge in [0.2, 0.25) is 5.91 Å². The lowest BCUT2D eigenvalue weighted by Crippen LogP contribution is -2.63. The molecule has 2 unspecified atom stereocenters. The topological polar surface area (TPSA) is 54.5 Å². The molecule has 1 aromatic carbocycles. The van der Waals surface area contributed by atoms with Crippen LogP contribution in [0.5, 0.6) is 0 Å². The van der Waals surface area contributed by atoms with Crippen molar-refractivity contribution in [3.63, 3.8) is 0 Å². The number of alkyl halides is 1. The Hall–Kier alpha value is -1.76. The molecule has 3 fully saturated rings. The molecule has 1 saturated carbocycles. The number of nitrogens with one attached hydrogen (secondary N) is 1. The highest BCUT2D eigenvalue weighted by Gasteiger charge is 2.44. The first-order chi connectivity index (χ1) is 13.9. The van der Waals surface area contributed by atoms with E-state index in [4.69, 9.17) is 16.3 Å². The summed E-state index contributed by atoms with van der Waals surface area (Å²) in [6.07, 6.45) is 3.34. The van der Waals surface area contributed by atoms with Gasteiger partial charge in [-0.3, -0.25) is 9.69 Å². The molecule has 1 aliphatic carbocycles. The third-order valence-electron chi connectivity index (χ3n) is 6.57. The number of amides is 1. The van der Waals surface area contributed by atoms with Crippen LogP contribution in [0.15, 0.2) is 24.4 Å². The molecule has 1 amide bonds. The van der Waals surface area contributed by atoms with Gasteiger partial charge in [0.05, 0.1) is 18.8 Å². The Morgan fingerprint density at radius 2 is 2.07 bits per heavy atom. The highest BCUT2D eigenvalue weighted by Crippen LogP contribution is 2.40. The normalized spacial score (nSPS) is 26.9. The number of carbonyl (C=O) groups excluding carboxylic acids is 1. The van der Waals surface area contributed by atoms with Crippen LogP contribution >= 0.6 is 11.6 Å². The Kier molecular flexibility index (Phi) is 4.76. The van der Waals surface area contributed by atoms with Crippen LogP contribution in [0.1, 0.15) is 37.7 Å². The number of anilines is 1. The Morgan fingerprint density at radius 3 is 2.72 bits per heavy atom. The molecule has 3 heterocycles. The average molecular weight is 418 g/mol. The van der Waals surface area contributed by atoms with Gasteiger partial charge in [0.15, 0.2) is 0 Å². The van der Waals surface area contributed by atoms with Gasteiger partial charge in [-0.2, -0.15) is 0 Å². The van der Waals surface area contributed by atoms with Gasteiger partial charge in [-0.25, -0.2) is 9.37 Å². The van der Waals surface area contributed by atoms with E-state index >= 15 is 4.39 Å². The molecule has 2 saturated heterocycles. The van der Waals surface area contributed by atoms with E-state index in [0.717, 1.165) is 42.1 Å². The fourth-order valence-electron chi connectivity index (χ4n) is 4.44. The van der Waals surface area contributed by atoms with E-state index in [9.17, 15) is 4.79 Å². The van der Waals surface area contributed by atoms with E-state index in [1.807, 2.05) is 18.2 Å². The van der Waals surface area contributed by atoms with E-state index in [1.165, 1.54) is 0 Å². The Labute approximate surface area is 174 Å². The van der Waals surface area contributed by atoms with Crippen molar-refractivity contribution in [3.8, 4) is 0 Å². The van der Waals surface area contributed by atoms with Gasteiger partial charge in [-0.15, -0.1) is 0 Å². The zero-order valence-electron chi connectivity index (χ0n) is 16.5. The van der Waals surface area contributed by atoms with Gasteiger partial charge >= 0.3 is 0 Å². The fourth-order valence-corrected chi connectivity index (χ4v) is 4.75. The van der Waals surface area contributed by atoms with E-state index < -0.39 is 6.17 Å². The Balaban J connectivity index is 1.38. The monoisotopic (exact) mass is 417 g/mol. The molecule has 29 heavy (non-hydrogen) atoms. The lowest BCUT2D eigenvalue weighted by atomic mass is 9.84. The summed E-state index contributed by atoms with van der Waals surface area (Å²) in [6.45, 7) is 4.71. The van der Waals surface area contributed by atoms with Crippen molar-refractivity contribution in [2.45, 2.75) is 43.8 Å². The van der Waals surface area contributed by atoms with Crippen molar-refractivity contribution < 1.29 is 13.9 Å². The molecule has 0 bridgehead atoms. The van der Waals surface area contributed by atoms with E-state index in [-0.39, 0.29) is 23.3 Å². The van der Waals surface area contributed by atoms with Crippen molar-refractivity contribution in [2.75, 3.05) is 31.6 Å². The van der Waals surface area contributed by atoms with E-state index in [0.29, 0.717) is 30.6 Å². The molecule has 2 aromatic rings. The lowest BCUT2D eigenvalue weighted by molar-refractivity contribution is -0.143. The summed E-state index contributed by atoms with van der Waals surface area (Å²) in [7, 11) is 0. The van der Waals surface area contributed by atoms with Crippen molar-refractivity contribution in [2.24, 2.45) is 5.92 Å². The quantitative estimate of drug-likeness (QED) is 0.811. The highest BCUT2D eigenvalue weighted by molar-refractivity contribution is 6.32. The largest absolute Gasteiger partial charge is 0.377 e. The van der Waals surface area contributed by atoms with Gasteiger partial charge in [-0.1, -0.05) is 11.6 Å². The van der Waals surface area contributed by atoms with Crippen LogP contribution in [0.25, 0.3) is 10.8 Å². The maximum Gasteiger partial charge on any atom is 0.228 e. The maximum absolute atomic E-state index is 15.2. The molecule has 1 aromatic heterocycles. The number of piperidine rings is 1. The average Bonchev–Trinajstić information content (AvgIpc) is 3.51. The summed E-state index contributed by atoms with van der Waals surface area (Å²) >= 11 is 6.54. The number of likely N-dealkylation sites (tertiary alicyclic amines) is 1. The van der Waals surface area contributed by atoms with E-state index in [2.05, 4.69) is 22.1 Å². The van der Waals surface area contributed by atoms with Gasteiger partial charge in [0, 0.05) is 35.0 Å². The van der Waals surface area contributed by atoms with Crippen LogP contribution in [-0.4, -0.2) is 53.8 Å². The van der Waals surface area contributed by atoms with Crippen molar-refractivity contribution >= 4 is 34.1 Å². The predicted octanol–water partition coefficient (Wildman–Crippen LogP) is 4.15.